The van der Waals surface area contributed by atoms with Crippen molar-refractivity contribution in [1.29, 1.82) is 5.26 Å². The third-order valence-corrected chi connectivity index (χ3v) is 10.5. The van der Waals surface area contributed by atoms with E-state index in [1.807, 2.05) is 20.9 Å². The van der Waals surface area contributed by atoms with Crippen LogP contribution in [0.3, 0.4) is 0 Å². The maximum absolute atomic E-state index is 14.2. The molecule has 2 saturated heterocycles. The topological polar surface area (TPSA) is 135 Å². The number of ether oxygens (including phenoxy) is 3. The lowest BCUT2D eigenvalue weighted by molar-refractivity contribution is -0.128. The quantitative estimate of drug-likeness (QED) is 0.192. The summed E-state index contributed by atoms with van der Waals surface area (Å²) in [4.78, 5) is 40.5. The number of pyridine rings is 1. The molecule has 1 aromatic carbocycles. The Labute approximate surface area is 296 Å². The maximum Gasteiger partial charge on any atom is 0.264 e. The zero-order chi connectivity index (χ0) is 35.5. The number of aryl methyl sites for hydroxylation is 1. The van der Waals surface area contributed by atoms with Gasteiger partial charge in [0.15, 0.2) is 0 Å². The number of methoxy groups -OCH3 is 2. The number of hydrogen-bond acceptors (Lipinski definition) is 10. The molecule has 0 aliphatic carbocycles. The number of halogens is 2. The Balaban J connectivity index is 1.32. The van der Waals surface area contributed by atoms with Gasteiger partial charge < -0.3 is 24.4 Å². The highest BCUT2D eigenvalue weighted by Gasteiger charge is 2.34. The standard InChI is InChI=1S/C35H43Cl2N7O5/c1-35(2,42(4)24-19-49-20-24)16-23(17-38)32(45)43-12-9-21(10-13-43)8-7-11-44-31-22(18-40-34(39-3)41-31)14-25(33(44)46)28-29(36)26(47-5)15-27(48-6)30(28)37/h14-16,18,21,24H,7-13,19-20H2,1-6H3,(H,39,40,41)/b23-16-. The van der Waals surface area contributed by atoms with Crippen LogP contribution in [0.25, 0.3) is 22.2 Å². The average Bonchev–Trinajstić information content (AvgIpc) is 3.07. The van der Waals surface area contributed by atoms with E-state index >= 15 is 0 Å². The van der Waals surface area contributed by atoms with Gasteiger partial charge in [-0.1, -0.05) is 23.2 Å². The lowest BCUT2D eigenvalue weighted by Crippen LogP contribution is -2.55. The number of anilines is 1. The smallest absolute Gasteiger partial charge is 0.264 e. The molecular formula is C35H43Cl2N7O5. The first-order valence-electron chi connectivity index (χ1n) is 16.4. The first-order valence-corrected chi connectivity index (χ1v) is 17.1. The Morgan fingerprint density at radius 1 is 1.18 bits per heavy atom. The monoisotopic (exact) mass is 711 g/mol. The number of rotatable bonds is 12. The summed E-state index contributed by atoms with van der Waals surface area (Å²) in [6, 6.07) is 5.69. The van der Waals surface area contributed by atoms with Crippen LogP contribution in [0.2, 0.25) is 10.0 Å². The number of fused-ring (bicyclic) bond motifs is 1. The highest BCUT2D eigenvalue weighted by atomic mass is 35.5. The van der Waals surface area contributed by atoms with Gasteiger partial charge in [-0.2, -0.15) is 10.2 Å². The van der Waals surface area contributed by atoms with Gasteiger partial charge in [0.1, 0.15) is 28.8 Å². The van der Waals surface area contributed by atoms with Crippen molar-refractivity contribution in [3.63, 3.8) is 0 Å². The van der Waals surface area contributed by atoms with Crippen molar-refractivity contribution < 1.29 is 19.0 Å². The van der Waals surface area contributed by atoms with Gasteiger partial charge in [-0.25, -0.2) is 4.98 Å². The summed E-state index contributed by atoms with van der Waals surface area (Å²) in [6.07, 6.45) is 6.60. The summed E-state index contributed by atoms with van der Waals surface area (Å²) < 4.78 is 17.9. The molecule has 12 nitrogen and oxygen atoms in total. The van der Waals surface area contributed by atoms with E-state index in [1.54, 1.807) is 40.9 Å². The van der Waals surface area contributed by atoms with Crippen LogP contribution in [0, 0.1) is 17.2 Å². The zero-order valence-electron chi connectivity index (χ0n) is 28.8. The van der Waals surface area contributed by atoms with E-state index in [0.29, 0.717) is 79.2 Å². The Bertz CT molecular complexity index is 1810. The Hall–Kier alpha value is -3.89. The van der Waals surface area contributed by atoms with Crippen LogP contribution in [0.5, 0.6) is 11.5 Å². The SMILES string of the molecule is CNc1ncc2cc(-c3c(Cl)c(OC)cc(OC)c3Cl)c(=O)n(CCCC3CCN(C(=O)/C(C#N)=C\C(C)(C)N(C)C4COC4)CC3)c2n1. The molecule has 2 aliphatic heterocycles. The Morgan fingerprint density at radius 3 is 2.39 bits per heavy atom. The number of nitriles is 1. The lowest BCUT2D eigenvalue weighted by Gasteiger charge is -2.43. The molecule has 0 spiro atoms. The molecule has 0 atom stereocenters. The van der Waals surface area contributed by atoms with Crippen LogP contribution in [-0.4, -0.2) is 96.4 Å². The lowest BCUT2D eigenvalue weighted by atomic mass is 9.91. The third kappa shape index (κ3) is 7.50. The van der Waals surface area contributed by atoms with Gasteiger partial charge in [-0.3, -0.25) is 19.1 Å². The first-order chi connectivity index (χ1) is 23.4. The molecule has 0 unspecified atom stereocenters. The molecule has 2 aliphatic rings. The van der Waals surface area contributed by atoms with Crippen molar-refractivity contribution in [2.45, 2.75) is 57.7 Å². The number of amides is 1. The normalized spacial score (nSPS) is 16.1. The number of likely N-dealkylation sites (tertiary alicyclic amines) is 1. The van der Waals surface area contributed by atoms with Gasteiger partial charge in [0.05, 0.1) is 49.1 Å². The maximum atomic E-state index is 14.2. The molecule has 1 amide bonds. The summed E-state index contributed by atoms with van der Waals surface area (Å²) in [5.41, 5.74) is 0.475. The zero-order valence-corrected chi connectivity index (χ0v) is 30.3. The second kappa shape index (κ2) is 15.3. The number of piperidine rings is 1. The van der Waals surface area contributed by atoms with E-state index in [9.17, 15) is 14.9 Å². The molecule has 14 heteroatoms. The average molecular weight is 713 g/mol. The molecule has 4 heterocycles. The molecule has 3 aromatic rings. The Morgan fingerprint density at radius 2 is 1.84 bits per heavy atom. The summed E-state index contributed by atoms with van der Waals surface area (Å²) in [6.45, 7) is 6.86. The minimum absolute atomic E-state index is 0.165. The van der Waals surface area contributed by atoms with E-state index in [1.165, 1.54) is 14.2 Å². The fourth-order valence-electron chi connectivity index (χ4n) is 6.44. The molecular weight excluding hydrogens is 669 g/mol. The number of carbonyl (C=O) groups excluding carboxylic acids is 1. The molecule has 0 bridgehead atoms. The molecule has 5 rings (SSSR count). The molecule has 1 N–H and O–H groups in total. The van der Waals surface area contributed by atoms with E-state index < -0.39 is 5.54 Å². The molecule has 2 aromatic heterocycles. The number of likely N-dealkylation sites (N-methyl/N-ethyl adjacent to an activating group) is 1. The number of benzene rings is 1. The van der Waals surface area contributed by atoms with Crippen molar-refractivity contribution in [1.82, 2.24) is 24.3 Å². The van der Waals surface area contributed by atoms with Gasteiger partial charge in [0.25, 0.3) is 11.5 Å². The van der Waals surface area contributed by atoms with Gasteiger partial charge >= 0.3 is 0 Å². The van der Waals surface area contributed by atoms with E-state index in [2.05, 4.69) is 26.3 Å². The van der Waals surface area contributed by atoms with Crippen LogP contribution >= 0.6 is 23.2 Å². The molecule has 2 fully saturated rings. The number of aromatic nitrogens is 3. The summed E-state index contributed by atoms with van der Waals surface area (Å²) in [5, 5.41) is 13.9. The largest absolute Gasteiger partial charge is 0.495 e. The third-order valence-electron chi connectivity index (χ3n) is 9.72. The highest BCUT2D eigenvalue weighted by molar-refractivity contribution is 6.41. The van der Waals surface area contributed by atoms with Crippen LogP contribution in [0.1, 0.15) is 39.5 Å². The van der Waals surface area contributed by atoms with Crippen LogP contribution in [-0.2, 0) is 16.1 Å². The minimum atomic E-state index is -0.471. The number of hydrogen-bond donors (Lipinski definition) is 1. The fourth-order valence-corrected chi connectivity index (χ4v) is 7.14. The van der Waals surface area contributed by atoms with Crippen LogP contribution in [0.15, 0.2) is 34.8 Å². The minimum Gasteiger partial charge on any atom is -0.495 e. The van der Waals surface area contributed by atoms with E-state index in [-0.39, 0.29) is 38.7 Å². The summed E-state index contributed by atoms with van der Waals surface area (Å²) in [5.74, 6) is 1.18. The van der Waals surface area contributed by atoms with Gasteiger partial charge in [0, 0.05) is 55.4 Å². The molecule has 262 valence electrons. The van der Waals surface area contributed by atoms with Crippen LogP contribution in [0.4, 0.5) is 5.95 Å². The first kappa shape index (κ1) is 36.4. The second-order valence-electron chi connectivity index (χ2n) is 13.0. The van der Waals surface area contributed by atoms with E-state index in [0.717, 1.165) is 19.3 Å². The molecule has 0 radical (unpaired) electrons. The summed E-state index contributed by atoms with van der Waals surface area (Å²) in [7, 11) is 6.68. The van der Waals surface area contributed by atoms with Gasteiger partial charge in [0.2, 0.25) is 5.95 Å². The van der Waals surface area contributed by atoms with Crippen molar-refractivity contribution in [3.8, 4) is 28.7 Å². The van der Waals surface area contributed by atoms with Crippen LogP contribution < -0.4 is 20.3 Å². The van der Waals surface area contributed by atoms with Crippen molar-refractivity contribution in [2.24, 2.45) is 5.92 Å². The van der Waals surface area contributed by atoms with Gasteiger partial charge in [-0.05, 0) is 64.6 Å². The van der Waals surface area contributed by atoms with Gasteiger partial charge in [-0.15, -0.1) is 0 Å². The van der Waals surface area contributed by atoms with Crippen molar-refractivity contribution >= 4 is 46.1 Å². The Kier molecular flexibility index (Phi) is 11.4. The second-order valence-corrected chi connectivity index (χ2v) is 13.8. The molecule has 0 saturated carbocycles. The van der Waals surface area contributed by atoms with Crippen molar-refractivity contribution in [2.75, 3.05) is 59.9 Å². The fraction of sp³-hybridized carbons (Fsp3) is 0.514. The number of nitrogens with one attached hydrogen (secondary N) is 1. The summed E-state index contributed by atoms with van der Waals surface area (Å²) >= 11 is 13.5. The number of nitrogens with zero attached hydrogens (tertiary/aromatic N) is 6. The number of carbonyl (C=O) groups is 1. The van der Waals surface area contributed by atoms with Crippen molar-refractivity contribution in [3.05, 3.63) is 50.4 Å². The predicted octanol–water partition coefficient (Wildman–Crippen LogP) is 5.40. The predicted molar refractivity (Wildman–Crippen MR) is 191 cm³/mol. The highest BCUT2D eigenvalue weighted by Crippen LogP contribution is 2.45. The van der Waals surface area contributed by atoms with E-state index in [4.69, 9.17) is 37.4 Å². The molecule has 49 heavy (non-hydrogen) atoms.